The van der Waals surface area contributed by atoms with E-state index < -0.39 is 5.67 Å². The van der Waals surface area contributed by atoms with Crippen LogP contribution in [0.25, 0.3) is 5.57 Å². The maximum Gasteiger partial charge on any atom is 0.109 e. The van der Waals surface area contributed by atoms with E-state index in [1.54, 1.807) is 12.5 Å². The summed E-state index contributed by atoms with van der Waals surface area (Å²) in [7, 11) is 0. The Morgan fingerprint density at radius 2 is 1.53 bits per heavy atom. The van der Waals surface area contributed by atoms with E-state index in [0.29, 0.717) is 30.7 Å². The number of halogens is 1. The molecule has 1 saturated heterocycles. The van der Waals surface area contributed by atoms with Gasteiger partial charge in [0, 0.05) is 31.0 Å². The minimum Gasteiger partial charge on any atom is -0.381 e. The molecule has 3 heteroatoms. The normalized spacial score (nSPS) is 24.4. The van der Waals surface area contributed by atoms with Crippen LogP contribution in [0.3, 0.4) is 0 Å². The zero-order valence-electron chi connectivity index (χ0n) is 31.4. The Labute approximate surface area is 297 Å². The van der Waals surface area contributed by atoms with Gasteiger partial charge < -0.3 is 10.2 Å². The lowest BCUT2D eigenvalue weighted by atomic mass is 9.60. The predicted molar refractivity (Wildman–Crippen MR) is 209 cm³/mol. The average Bonchev–Trinajstić information content (AvgIpc) is 3.39. The van der Waals surface area contributed by atoms with E-state index in [2.05, 4.69) is 125 Å². The second kappa shape index (κ2) is 15.1. The van der Waals surface area contributed by atoms with Gasteiger partial charge in [-0.05, 0) is 135 Å². The summed E-state index contributed by atoms with van der Waals surface area (Å²) in [5, 5.41) is 3.59. The standard InChI is InChI=1S/C46H61FN2/c1-10-37(28-42(11-2)49-26-22-38(23-27-49)34(6)44(8)24-25-45(9,47)32-44)35(7)48-31-36-16-20-40(21-17-36)43(39-18-14-33(5)15-19-39)41-29-46(12-3,13-4)30-41/h10-11,14-21,28,38,48H,2,6-7,12-13,22-27,29-32H2,1,3-5,8-9H3/b37-10+,42-28+. The lowest BCUT2D eigenvalue weighted by Gasteiger charge is -2.44. The van der Waals surface area contributed by atoms with Gasteiger partial charge in [0.1, 0.15) is 5.67 Å². The fourth-order valence-electron chi connectivity index (χ4n) is 8.74. The van der Waals surface area contributed by atoms with Crippen LogP contribution in [0.15, 0.2) is 115 Å². The van der Waals surface area contributed by atoms with Gasteiger partial charge in [0.15, 0.2) is 0 Å². The summed E-state index contributed by atoms with van der Waals surface area (Å²) < 4.78 is 14.7. The molecule has 2 aromatic rings. The van der Waals surface area contributed by atoms with Crippen LogP contribution in [0.1, 0.15) is 115 Å². The summed E-state index contributed by atoms with van der Waals surface area (Å²) in [6.45, 7) is 28.6. The molecule has 5 rings (SSSR count). The van der Waals surface area contributed by atoms with Gasteiger partial charge in [-0.2, -0.15) is 0 Å². The van der Waals surface area contributed by atoms with Gasteiger partial charge >= 0.3 is 0 Å². The minimum absolute atomic E-state index is 0.0805. The molecule has 49 heavy (non-hydrogen) atoms. The Kier molecular flexibility index (Phi) is 11.3. The van der Waals surface area contributed by atoms with Crippen molar-refractivity contribution in [2.45, 2.75) is 112 Å². The molecule has 262 valence electrons. The Morgan fingerprint density at radius 1 is 0.939 bits per heavy atom. The SMILES string of the molecule is C=C/C(=C\C(=C/C)C(=C)NCc1ccc(C(=C2CC(CC)(CC)C2)c2ccc(C)cc2)cc1)N1CCC(C(=C)C2(C)CCC(C)(F)C2)CC1. The van der Waals surface area contributed by atoms with Crippen LogP contribution >= 0.6 is 0 Å². The number of allylic oxidation sites excluding steroid dienone is 5. The largest absolute Gasteiger partial charge is 0.381 e. The third-order valence-electron chi connectivity index (χ3n) is 12.4. The molecule has 2 unspecified atom stereocenters. The first kappa shape index (κ1) is 36.7. The van der Waals surface area contributed by atoms with Gasteiger partial charge in [0.25, 0.3) is 0 Å². The van der Waals surface area contributed by atoms with Crippen LogP contribution < -0.4 is 5.32 Å². The van der Waals surface area contributed by atoms with Crippen molar-refractivity contribution in [3.63, 3.8) is 0 Å². The molecule has 2 saturated carbocycles. The van der Waals surface area contributed by atoms with Crippen molar-refractivity contribution < 1.29 is 4.39 Å². The smallest absolute Gasteiger partial charge is 0.109 e. The van der Waals surface area contributed by atoms with E-state index in [9.17, 15) is 4.39 Å². The zero-order valence-corrected chi connectivity index (χ0v) is 31.4. The number of likely N-dealkylation sites (tertiary alicyclic amines) is 1. The van der Waals surface area contributed by atoms with Crippen molar-refractivity contribution in [3.8, 4) is 0 Å². The minimum atomic E-state index is -1.06. The quantitative estimate of drug-likeness (QED) is 0.170. The predicted octanol–water partition coefficient (Wildman–Crippen LogP) is 12.2. The van der Waals surface area contributed by atoms with Crippen LogP contribution in [0.4, 0.5) is 4.39 Å². The van der Waals surface area contributed by atoms with Gasteiger partial charge in [-0.15, -0.1) is 0 Å². The van der Waals surface area contributed by atoms with Crippen LogP contribution in [0.2, 0.25) is 0 Å². The molecular weight excluding hydrogens is 600 g/mol. The molecule has 3 aliphatic rings. The Balaban J connectivity index is 1.20. The Hall–Kier alpha value is -3.59. The van der Waals surface area contributed by atoms with Crippen molar-refractivity contribution in [2.24, 2.45) is 16.7 Å². The molecule has 0 bridgehead atoms. The van der Waals surface area contributed by atoms with Crippen LogP contribution in [-0.2, 0) is 6.54 Å². The monoisotopic (exact) mass is 660 g/mol. The van der Waals surface area contributed by atoms with Gasteiger partial charge in [-0.25, -0.2) is 4.39 Å². The third kappa shape index (κ3) is 8.25. The number of alkyl halides is 1. The highest BCUT2D eigenvalue weighted by Gasteiger charge is 2.46. The van der Waals surface area contributed by atoms with Crippen LogP contribution in [0, 0.1) is 23.7 Å². The summed E-state index contributed by atoms with van der Waals surface area (Å²) in [6.07, 6.45) is 15.4. The summed E-state index contributed by atoms with van der Waals surface area (Å²) in [5.41, 5.74) is 11.9. The maximum absolute atomic E-state index is 14.7. The molecule has 0 spiro atoms. The number of rotatable bonds is 13. The van der Waals surface area contributed by atoms with Gasteiger partial charge in [-0.1, -0.05) is 112 Å². The lowest BCUT2D eigenvalue weighted by Crippen LogP contribution is -2.35. The highest BCUT2D eigenvalue weighted by atomic mass is 19.1. The molecule has 2 atom stereocenters. The van der Waals surface area contributed by atoms with E-state index >= 15 is 0 Å². The molecule has 1 aliphatic heterocycles. The maximum atomic E-state index is 14.7. The van der Waals surface area contributed by atoms with Crippen molar-refractivity contribution in [1.29, 1.82) is 0 Å². The summed E-state index contributed by atoms with van der Waals surface area (Å²) in [4.78, 5) is 2.43. The molecule has 2 aromatic carbocycles. The number of nitrogens with one attached hydrogen (secondary N) is 1. The fourth-order valence-corrected chi connectivity index (χ4v) is 8.74. The number of hydrogen-bond donors (Lipinski definition) is 1. The second-order valence-corrected chi connectivity index (χ2v) is 15.9. The topological polar surface area (TPSA) is 15.3 Å². The molecule has 0 aromatic heterocycles. The summed E-state index contributed by atoms with van der Waals surface area (Å²) in [5.74, 6) is 0.449. The zero-order chi connectivity index (χ0) is 35.4. The Bertz CT molecular complexity index is 1590. The van der Waals surface area contributed by atoms with E-state index in [-0.39, 0.29) is 5.41 Å². The van der Waals surface area contributed by atoms with Gasteiger partial charge in [0.2, 0.25) is 0 Å². The number of aryl methyl sites for hydroxylation is 1. The number of nitrogens with zero attached hydrogens (tertiary/aromatic N) is 1. The first-order chi connectivity index (χ1) is 23.3. The number of hydrogen-bond acceptors (Lipinski definition) is 2. The highest BCUT2D eigenvalue weighted by molar-refractivity contribution is 5.83. The van der Waals surface area contributed by atoms with E-state index in [0.717, 1.165) is 49.3 Å². The number of piperidine rings is 1. The number of benzene rings is 2. The fraction of sp³-hybridized carbons (Fsp3) is 0.478. The molecule has 0 amide bonds. The van der Waals surface area contributed by atoms with E-state index in [1.165, 1.54) is 59.1 Å². The van der Waals surface area contributed by atoms with Crippen LogP contribution in [-0.4, -0.2) is 23.7 Å². The van der Waals surface area contributed by atoms with E-state index in [4.69, 9.17) is 0 Å². The average molecular weight is 661 g/mol. The molecule has 0 radical (unpaired) electrons. The van der Waals surface area contributed by atoms with Gasteiger partial charge in [0.05, 0.1) is 0 Å². The molecule has 1 heterocycles. The molecule has 2 aliphatic carbocycles. The molecule has 2 nitrogen and oxygen atoms in total. The first-order valence-corrected chi connectivity index (χ1v) is 18.8. The second-order valence-electron chi connectivity index (χ2n) is 15.9. The Morgan fingerprint density at radius 3 is 2.04 bits per heavy atom. The van der Waals surface area contributed by atoms with Crippen molar-refractivity contribution in [3.05, 3.63) is 137 Å². The molecular formula is C46H61FN2. The van der Waals surface area contributed by atoms with Crippen molar-refractivity contribution in [1.82, 2.24) is 10.2 Å². The van der Waals surface area contributed by atoms with Crippen molar-refractivity contribution >= 4 is 5.57 Å². The summed E-state index contributed by atoms with van der Waals surface area (Å²) in [6, 6.07) is 18.2. The van der Waals surface area contributed by atoms with Crippen molar-refractivity contribution in [2.75, 3.05) is 13.1 Å². The first-order valence-electron chi connectivity index (χ1n) is 18.8. The highest BCUT2D eigenvalue weighted by Crippen LogP contribution is 2.54. The molecule has 3 fully saturated rings. The van der Waals surface area contributed by atoms with E-state index in [1.807, 2.05) is 6.08 Å². The third-order valence-corrected chi connectivity index (χ3v) is 12.4. The summed E-state index contributed by atoms with van der Waals surface area (Å²) >= 11 is 0. The lowest BCUT2D eigenvalue weighted by molar-refractivity contribution is 0.172. The van der Waals surface area contributed by atoms with Crippen LogP contribution in [0.5, 0.6) is 0 Å². The van der Waals surface area contributed by atoms with Gasteiger partial charge in [-0.3, -0.25) is 0 Å². The molecule has 1 N–H and O–H groups in total.